The Labute approximate surface area is 252 Å². The second-order valence-electron chi connectivity index (χ2n) is 10.2. The molecule has 216 valence electrons. The van der Waals surface area contributed by atoms with Gasteiger partial charge in [0.2, 0.25) is 17.7 Å². The summed E-state index contributed by atoms with van der Waals surface area (Å²) >= 11 is 3.17. The van der Waals surface area contributed by atoms with Gasteiger partial charge in [-0.2, -0.15) is 16.4 Å². The third-order valence-corrected chi connectivity index (χ3v) is 9.63. The number of aromatic nitrogens is 2. The Hall–Kier alpha value is -4.09. The van der Waals surface area contributed by atoms with E-state index in [2.05, 4.69) is 11.4 Å². The van der Waals surface area contributed by atoms with Crippen molar-refractivity contribution in [1.29, 1.82) is 0 Å². The van der Waals surface area contributed by atoms with Crippen molar-refractivity contribution in [2.75, 3.05) is 50.5 Å². The first kappa shape index (κ1) is 28.0. The molecule has 0 saturated carbocycles. The molecule has 3 amide bonds. The Morgan fingerprint density at radius 1 is 0.976 bits per heavy atom. The van der Waals surface area contributed by atoms with Crippen LogP contribution in [0.1, 0.15) is 23.3 Å². The quantitative estimate of drug-likeness (QED) is 0.324. The Kier molecular flexibility index (Phi) is 8.03. The van der Waals surface area contributed by atoms with Crippen LogP contribution >= 0.6 is 23.1 Å². The van der Waals surface area contributed by atoms with Gasteiger partial charge in [-0.1, -0.05) is 30.3 Å². The van der Waals surface area contributed by atoms with E-state index >= 15 is 0 Å². The average molecular weight is 602 g/mol. The number of piperazine rings is 1. The van der Waals surface area contributed by atoms with E-state index in [4.69, 9.17) is 9.84 Å². The summed E-state index contributed by atoms with van der Waals surface area (Å²) in [6, 6.07) is 19.6. The smallest absolute Gasteiger partial charge is 0.242 e. The third kappa shape index (κ3) is 5.41. The van der Waals surface area contributed by atoms with Gasteiger partial charge in [-0.3, -0.25) is 19.3 Å². The third-order valence-electron chi connectivity index (χ3n) is 7.67. The number of carbonyl (C=O) groups is 3. The van der Waals surface area contributed by atoms with E-state index in [1.54, 1.807) is 56.5 Å². The number of hydrogen-bond donors (Lipinski definition) is 0. The lowest BCUT2D eigenvalue weighted by Crippen LogP contribution is -2.53. The van der Waals surface area contributed by atoms with Crippen molar-refractivity contribution in [1.82, 2.24) is 19.6 Å². The molecule has 9 nitrogen and oxygen atoms in total. The lowest BCUT2D eigenvalue weighted by atomic mass is 10.0. The van der Waals surface area contributed by atoms with Gasteiger partial charge in [-0.05, 0) is 46.7 Å². The number of methoxy groups -OCH3 is 1. The van der Waals surface area contributed by atoms with Crippen LogP contribution in [0.3, 0.4) is 0 Å². The van der Waals surface area contributed by atoms with Crippen LogP contribution in [0.25, 0.3) is 16.9 Å². The van der Waals surface area contributed by atoms with Gasteiger partial charge in [0.25, 0.3) is 0 Å². The number of fused-ring (bicyclic) bond motifs is 1. The molecule has 4 heterocycles. The van der Waals surface area contributed by atoms with Crippen LogP contribution < -0.4 is 9.64 Å². The van der Waals surface area contributed by atoms with Crippen LogP contribution in [0.15, 0.2) is 71.4 Å². The molecule has 1 saturated heterocycles. The van der Waals surface area contributed by atoms with Gasteiger partial charge >= 0.3 is 0 Å². The molecule has 0 aliphatic carbocycles. The summed E-state index contributed by atoms with van der Waals surface area (Å²) in [5.41, 5.74) is 4.46. The predicted octanol–water partition coefficient (Wildman–Crippen LogP) is 4.47. The van der Waals surface area contributed by atoms with Crippen LogP contribution in [-0.4, -0.2) is 82.9 Å². The van der Waals surface area contributed by atoms with E-state index in [1.807, 2.05) is 60.0 Å². The predicted molar refractivity (Wildman–Crippen MR) is 165 cm³/mol. The molecule has 11 heteroatoms. The standard InChI is InChI=1S/C31H31N5O4S2/c1-21(37)33-13-15-34(16-14-33)26(38)18-35-27(39)20-42-30(23-12-17-41-19-23)28-29(22-6-4-3-5-7-22)32-36(31(28)35)24-8-10-25(40-2)11-9-24/h3-12,17,19,30H,13-16,18,20H2,1-2H3/t30-/m0/s1. The van der Waals surface area contributed by atoms with Gasteiger partial charge in [-0.25, -0.2) is 4.68 Å². The highest BCUT2D eigenvalue weighted by molar-refractivity contribution is 8.00. The van der Waals surface area contributed by atoms with Crippen molar-refractivity contribution in [2.24, 2.45) is 0 Å². The van der Waals surface area contributed by atoms with Crippen molar-refractivity contribution < 1.29 is 19.1 Å². The first-order valence-electron chi connectivity index (χ1n) is 13.7. The fourth-order valence-electron chi connectivity index (χ4n) is 5.43. The van der Waals surface area contributed by atoms with Crippen molar-refractivity contribution in [3.8, 4) is 22.7 Å². The van der Waals surface area contributed by atoms with Gasteiger partial charge in [0.15, 0.2) is 0 Å². The van der Waals surface area contributed by atoms with E-state index in [-0.39, 0.29) is 35.3 Å². The minimum Gasteiger partial charge on any atom is -0.497 e. The number of ether oxygens (including phenoxy) is 1. The number of anilines is 1. The van der Waals surface area contributed by atoms with Gasteiger partial charge in [0, 0.05) is 44.2 Å². The number of carbonyl (C=O) groups excluding carboxylic acids is 3. The Bertz CT molecular complexity index is 1580. The van der Waals surface area contributed by atoms with Gasteiger partial charge in [0.05, 0.1) is 29.5 Å². The largest absolute Gasteiger partial charge is 0.497 e. The van der Waals surface area contributed by atoms with Crippen LogP contribution in [0.4, 0.5) is 5.82 Å². The first-order chi connectivity index (χ1) is 20.4. The highest BCUT2D eigenvalue weighted by Crippen LogP contribution is 2.49. The van der Waals surface area contributed by atoms with Gasteiger partial charge in [-0.15, -0.1) is 11.8 Å². The normalized spacial score (nSPS) is 17.1. The molecule has 0 spiro atoms. The number of thiophene rings is 1. The number of hydrogen-bond acceptors (Lipinski definition) is 7. The lowest BCUT2D eigenvalue weighted by molar-refractivity contribution is -0.137. The van der Waals surface area contributed by atoms with Crippen molar-refractivity contribution in [2.45, 2.75) is 12.2 Å². The Balaban J connectivity index is 1.49. The number of amides is 3. The number of nitrogens with zero attached hydrogens (tertiary/aromatic N) is 5. The van der Waals surface area contributed by atoms with E-state index in [1.165, 1.54) is 0 Å². The molecule has 42 heavy (non-hydrogen) atoms. The monoisotopic (exact) mass is 601 g/mol. The minimum absolute atomic E-state index is 0.00256. The molecular formula is C31H31N5O4S2. The zero-order chi connectivity index (χ0) is 29.2. The van der Waals surface area contributed by atoms with Crippen LogP contribution in [0.2, 0.25) is 0 Å². The second kappa shape index (κ2) is 12.0. The summed E-state index contributed by atoms with van der Waals surface area (Å²) in [7, 11) is 1.62. The van der Waals surface area contributed by atoms with Gasteiger partial charge in [0.1, 0.15) is 18.1 Å². The molecule has 0 radical (unpaired) electrons. The maximum absolute atomic E-state index is 13.9. The molecular weight excluding hydrogens is 571 g/mol. The lowest BCUT2D eigenvalue weighted by Gasteiger charge is -2.35. The molecule has 0 unspecified atom stereocenters. The summed E-state index contributed by atoms with van der Waals surface area (Å²) in [5, 5.41) is 9.12. The summed E-state index contributed by atoms with van der Waals surface area (Å²) in [6.45, 7) is 3.27. The van der Waals surface area contributed by atoms with E-state index in [0.717, 1.165) is 28.1 Å². The molecule has 2 aromatic carbocycles. The zero-order valence-electron chi connectivity index (χ0n) is 23.4. The fourth-order valence-corrected chi connectivity index (χ4v) is 7.39. The topological polar surface area (TPSA) is 88.0 Å². The fraction of sp³-hybridized carbons (Fsp3) is 0.290. The summed E-state index contributed by atoms with van der Waals surface area (Å²) < 4.78 is 7.18. The van der Waals surface area contributed by atoms with E-state index in [9.17, 15) is 14.4 Å². The van der Waals surface area contributed by atoms with Crippen molar-refractivity contribution >= 4 is 46.6 Å². The number of rotatable bonds is 6. The van der Waals surface area contributed by atoms with Crippen LogP contribution in [0, 0.1) is 0 Å². The van der Waals surface area contributed by atoms with Crippen molar-refractivity contribution in [3.05, 3.63) is 82.6 Å². The molecule has 2 aliphatic heterocycles. The minimum atomic E-state index is -0.156. The van der Waals surface area contributed by atoms with E-state index in [0.29, 0.717) is 37.7 Å². The van der Waals surface area contributed by atoms with E-state index < -0.39 is 0 Å². The molecule has 0 bridgehead atoms. The maximum atomic E-state index is 13.9. The second-order valence-corrected chi connectivity index (χ2v) is 12.0. The first-order valence-corrected chi connectivity index (χ1v) is 15.7. The summed E-state index contributed by atoms with van der Waals surface area (Å²) in [6.07, 6.45) is 0. The molecule has 1 fully saturated rings. The number of benzene rings is 2. The molecule has 4 aromatic rings. The highest BCUT2D eigenvalue weighted by Gasteiger charge is 2.38. The maximum Gasteiger partial charge on any atom is 0.242 e. The Morgan fingerprint density at radius 3 is 2.33 bits per heavy atom. The summed E-state index contributed by atoms with van der Waals surface area (Å²) in [5.74, 6) is 1.23. The molecule has 2 aliphatic rings. The SMILES string of the molecule is COc1ccc(-n2nc(-c3ccccc3)c3c2N(CC(=O)N2CCN(C(C)=O)CC2)C(=O)CS[C@H]3c2ccsc2)cc1. The van der Waals surface area contributed by atoms with Gasteiger partial charge < -0.3 is 14.5 Å². The average Bonchev–Trinajstić information content (AvgIpc) is 3.67. The zero-order valence-corrected chi connectivity index (χ0v) is 25.1. The van der Waals surface area contributed by atoms with Crippen molar-refractivity contribution in [3.63, 3.8) is 0 Å². The molecule has 1 atom stereocenters. The Morgan fingerprint density at radius 2 is 1.69 bits per heavy atom. The molecule has 0 N–H and O–H groups in total. The number of thioether (sulfide) groups is 1. The van der Waals surface area contributed by atoms with Crippen LogP contribution in [0.5, 0.6) is 5.75 Å². The highest BCUT2D eigenvalue weighted by atomic mass is 32.2. The summed E-state index contributed by atoms with van der Waals surface area (Å²) in [4.78, 5) is 44.5. The molecule has 6 rings (SSSR count). The van der Waals surface area contributed by atoms with Crippen LogP contribution in [-0.2, 0) is 14.4 Å². The molecule has 2 aromatic heterocycles.